The number of hydrogen-bond donors (Lipinski definition) is 1. The molecule has 0 saturated carbocycles. The van der Waals surface area contributed by atoms with Crippen LogP contribution in [0, 0.1) is 17.0 Å². The molecule has 0 aliphatic heterocycles. The third-order valence-corrected chi connectivity index (χ3v) is 3.12. The SMILES string of the molecule is Cc1cc([N+](=O)[O-])nn1CCNC(=O)Cn1cc(Br)cn1. The van der Waals surface area contributed by atoms with Crippen molar-refractivity contribution in [2.75, 3.05) is 6.54 Å². The molecule has 10 heteroatoms. The predicted octanol–water partition coefficient (Wildman–Crippen LogP) is 0.875. The summed E-state index contributed by atoms with van der Waals surface area (Å²) in [5.41, 5.74) is 0.673. The quantitative estimate of drug-likeness (QED) is 0.610. The maximum atomic E-state index is 11.7. The summed E-state index contributed by atoms with van der Waals surface area (Å²) in [5.74, 6) is -0.384. The van der Waals surface area contributed by atoms with E-state index in [-0.39, 0.29) is 18.3 Å². The largest absolute Gasteiger partial charge is 0.390 e. The van der Waals surface area contributed by atoms with Gasteiger partial charge in [0, 0.05) is 12.7 Å². The van der Waals surface area contributed by atoms with E-state index in [0.29, 0.717) is 18.8 Å². The van der Waals surface area contributed by atoms with Gasteiger partial charge in [-0.05, 0) is 27.8 Å². The molecule has 1 amide bonds. The smallest absolute Gasteiger partial charge is 0.358 e. The number of rotatable bonds is 6. The molecule has 0 spiro atoms. The van der Waals surface area contributed by atoms with Gasteiger partial charge in [-0.2, -0.15) is 9.78 Å². The van der Waals surface area contributed by atoms with Crippen molar-refractivity contribution >= 4 is 27.7 Å². The second-order valence-corrected chi connectivity index (χ2v) is 5.25. The first-order chi connectivity index (χ1) is 9.95. The molecule has 0 radical (unpaired) electrons. The Bertz CT molecular complexity index is 665. The van der Waals surface area contributed by atoms with Crippen LogP contribution in [0.3, 0.4) is 0 Å². The van der Waals surface area contributed by atoms with E-state index in [2.05, 4.69) is 31.4 Å². The van der Waals surface area contributed by atoms with Crippen LogP contribution < -0.4 is 5.32 Å². The van der Waals surface area contributed by atoms with E-state index in [1.54, 1.807) is 19.3 Å². The van der Waals surface area contributed by atoms with E-state index >= 15 is 0 Å². The summed E-state index contributed by atoms with van der Waals surface area (Å²) in [4.78, 5) is 21.7. The highest BCUT2D eigenvalue weighted by atomic mass is 79.9. The van der Waals surface area contributed by atoms with Gasteiger partial charge < -0.3 is 15.4 Å². The first kappa shape index (κ1) is 15.2. The maximum absolute atomic E-state index is 11.7. The summed E-state index contributed by atoms with van der Waals surface area (Å²) in [7, 11) is 0. The van der Waals surface area contributed by atoms with Gasteiger partial charge in [-0.1, -0.05) is 0 Å². The minimum Gasteiger partial charge on any atom is -0.358 e. The number of hydrogen-bond acceptors (Lipinski definition) is 5. The van der Waals surface area contributed by atoms with Crippen molar-refractivity contribution in [3.63, 3.8) is 0 Å². The molecule has 0 saturated heterocycles. The van der Waals surface area contributed by atoms with Crippen LogP contribution in [-0.2, 0) is 17.9 Å². The number of aromatic nitrogens is 4. The molecule has 0 aliphatic rings. The lowest BCUT2D eigenvalue weighted by atomic mass is 10.4. The zero-order valence-corrected chi connectivity index (χ0v) is 12.8. The van der Waals surface area contributed by atoms with Gasteiger partial charge in [0.2, 0.25) is 5.91 Å². The average molecular weight is 357 g/mol. The predicted molar refractivity (Wildman–Crippen MR) is 76.6 cm³/mol. The summed E-state index contributed by atoms with van der Waals surface area (Å²) in [6.45, 7) is 2.54. The fraction of sp³-hybridized carbons (Fsp3) is 0.364. The molecule has 9 nitrogen and oxygen atoms in total. The number of nitrogens with one attached hydrogen (secondary N) is 1. The third kappa shape index (κ3) is 4.12. The van der Waals surface area contributed by atoms with E-state index in [9.17, 15) is 14.9 Å². The van der Waals surface area contributed by atoms with Gasteiger partial charge in [-0.15, -0.1) is 0 Å². The molecule has 21 heavy (non-hydrogen) atoms. The van der Waals surface area contributed by atoms with E-state index in [1.807, 2.05) is 0 Å². The highest BCUT2D eigenvalue weighted by molar-refractivity contribution is 9.10. The minimum atomic E-state index is -0.544. The van der Waals surface area contributed by atoms with Crippen LogP contribution in [0.1, 0.15) is 5.69 Å². The first-order valence-corrected chi connectivity index (χ1v) is 6.88. The number of halogens is 1. The van der Waals surface area contributed by atoms with Crippen molar-refractivity contribution in [3.05, 3.63) is 38.7 Å². The summed E-state index contributed by atoms with van der Waals surface area (Å²) in [6.07, 6.45) is 3.29. The lowest BCUT2D eigenvalue weighted by Gasteiger charge is -2.04. The van der Waals surface area contributed by atoms with Crippen LogP contribution in [0.4, 0.5) is 5.82 Å². The fourth-order valence-corrected chi connectivity index (χ4v) is 2.07. The Morgan fingerprint density at radius 3 is 2.90 bits per heavy atom. The van der Waals surface area contributed by atoms with Crippen molar-refractivity contribution in [2.24, 2.45) is 0 Å². The number of aryl methyl sites for hydroxylation is 1. The number of nitrogens with zero attached hydrogens (tertiary/aromatic N) is 5. The van der Waals surface area contributed by atoms with E-state index in [4.69, 9.17) is 0 Å². The van der Waals surface area contributed by atoms with Crippen LogP contribution in [0.15, 0.2) is 22.9 Å². The first-order valence-electron chi connectivity index (χ1n) is 6.09. The van der Waals surface area contributed by atoms with Crippen LogP contribution in [0.2, 0.25) is 0 Å². The second kappa shape index (κ2) is 6.48. The normalized spacial score (nSPS) is 10.6. The number of carbonyl (C=O) groups excluding carboxylic acids is 1. The third-order valence-electron chi connectivity index (χ3n) is 2.71. The van der Waals surface area contributed by atoms with Gasteiger partial charge in [0.15, 0.2) is 0 Å². The number of carbonyl (C=O) groups is 1. The molecule has 0 bridgehead atoms. The lowest BCUT2D eigenvalue weighted by Crippen LogP contribution is -2.31. The standard InChI is InChI=1S/C11H13BrN6O3/c1-8-4-10(18(20)21)15-17(8)3-2-13-11(19)7-16-6-9(12)5-14-16/h4-6H,2-3,7H2,1H3,(H,13,19). The molecule has 0 aliphatic carbocycles. The maximum Gasteiger partial charge on any atom is 0.390 e. The van der Waals surface area contributed by atoms with E-state index in [1.165, 1.54) is 15.4 Å². The molecular weight excluding hydrogens is 344 g/mol. The highest BCUT2D eigenvalue weighted by Gasteiger charge is 2.15. The van der Waals surface area contributed by atoms with Crippen LogP contribution >= 0.6 is 15.9 Å². The zero-order valence-electron chi connectivity index (χ0n) is 11.2. The molecule has 0 unspecified atom stereocenters. The molecule has 2 aromatic rings. The minimum absolute atomic E-state index is 0.115. The average Bonchev–Trinajstić information content (AvgIpc) is 2.97. The van der Waals surface area contributed by atoms with Crippen molar-refractivity contribution in [1.29, 1.82) is 0 Å². The van der Waals surface area contributed by atoms with Gasteiger partial charge in [0.1, 0.15) is 6.54 Å². The number of amides is 1. The zero-order chi connectivity index (χ0) is 15.4. The Balaban J connectivity index is 1.81. The summed E-state index contributed by atoms with van der Waals surface area (Å²) in [6, 6.07) is 1.39. The molecule has 2 rings (SSSR count). The van der Waals surface area contributed by atoms with Crippen molar-refractivity contribution in [1.82, 2.24) is 24.9 Å². The van der Waals surface area contributed by atoms with Crippen LogP contribution in [0.5, 0.6) is 0 Å². The summed E-state index contributed by atoms with van der Waals surface area (Å²) < 4.78 is 3.79. The van der Waals surface area contributed by atoms with Crippen molar-refractivity contribution < 1.29 is 9.72 Å². The van der Waals surface area contributed by atoms with E-state index in [0.717, 1.165) is 4.47 Å². The van der Waals surface area contributed by atoms with Crippen LogP contribution in [-0.4, -0.2) is 36.9 Å². The highest BCUT2D eigenvalue weighted by Crippen LogP contribution is 2.10. The summed E-state index contributed by atoms with van der Waals surface area (Å²) in [5, 5.41) is 21.1. The molecule has 0 fully saturated rings. The van der Waals surface area contributed by atoms with Gasteiger partial charge in [-0.3, -0.25) is 9.48 Å². The Labute approximate surface area is 128 Å². The molecule has 2 heterocycles. The molecule has 1 N–H and O–H groups in total. The topological polar surface area (TPSA) is 108 Å². The monoisotopic (exact) mass is 356 g/mol. The molecule has 2 aromatic heterocycles. The molecule has 0 aromatic carbocycles. The van der Waals surface area contributed by atoms with Crippen molar-refractivity contribution in [2.45, 2.75) is 20.0 Å². The van der Waals surface area contributed by atoms with Gasteiger partial charge in [-0.25, -0.2) is 0 Å². The molecule has 112 valence electrons. The number of nitro groups is 1. The van der Waals surface area contributed by atoms with Crippen molar-refractivity contribution in [3.8, 4) is 0 Å². The van der Waals surface area contributed by atoms with Gasteiger partial charge >= 0.3 is 5.82 Å². The van der Waals surface area contributed by atoms with Gasteiger partial charge in [0.25, 0.3) is 0 Å². The second-order valence-electron chi connectivity index (χ2n) is 4.33. The Hall–Kier alpha value is -2.23. The molecule has 0 atom stereocenters. The Morgan fingerprint density at radius 2 is 2.33 bits per heavy atom. The lowest BCUT2D eigenvalue weighted by molar-refractivity contribution is -0.389. The molecular formula is C11H13BrN6O3. The Kier molecular flexibility index (Phi) is 4.68. The summed E-state index contributed by atoms with van der Waals surface area (Å²) >= 11 is 3.25. The van der Waals surface area contributed by atoms with Gasteiger partial charge in [0.05, 0.1) is 34.1 Å². The Morgan fingerprint density at radius 1 is 1.57 bits per heavy atom. The van der Waals surface area contributed by atoms with Crippen LogP contribution in [0.25, 0.3) is 0 Å². The fourth-order valence-electron chi connectivity index (χ4n) is 1.74. The van der Waals surface area contributed by atoms with E-state index < -0.39 is 4.92 Å².